The molecular weight excluding hydrogens is 232 g/mol. The lowest BCUT2D eigenvalue weighted by Crippen LogP contribution is -2.45. The van der Waals surface area contributed by atoms with Crippen molar-refractivity contribution in [3.63, 3.8) is 0 Å². The van der Waals surface area contributed by atoms with E-state index in [4.69, 9.17) is 9.63 Å². The van der Waals surface area contributed by atoms with Gasteiger partial charge in [-0.3, -0.25) is 4.79 Å². The molecule has 5 heteroatoms. The molecule has 3 rings (SSSR count). The van der Waals surface area contributed by atoms with E-state index in [0.717, 1.165) is 37.9 Å². The maximum atomic E-state index is 12.3. The summed E-state index contributed by atoms with van der Waals surface area (Å²) in [5, 5.41) is 12.9. The molecule has 0 spiro atoms. The van der Waals surface area contributed by atoms with Gasteiger partial charge in [-0.15, -0.1) is 0 Å². The molecule has 2 saturated carbocycles. The molecule has 1 aromatic heterocycles. The van der Waals surface area contributed by atoms with Crippen LogP contribution in [0, 0.1) is 0 Å². The predicted octanol–water partition coefficient (Wildman–Crippen LogP) is 1.54. The van der Waals surface area contributed by atoms with Crippen molar-refractivity contribution in [2.75, 3.05) is 13.2 Å². The van der Waals surface area contributed by atoms with Crippen LogP contribution < -0.4 is 0 Å². The van der Waals surface area contributed by atoms with Crippen LogP contribution in [0.15, 0.2) is 10.6 Å². The lowest BCUT2D eigenvalue weighted by atomic mass is 9.91. The molecule has 18 heavy (non-hydrogen) atoms. The predicted molar refractivity (Wildman–Crippen MR) is 64.2 cm³/mol. The van der Waals surface area contributed by atoms with Crippen LogP contribution in [-0.2, 0) is 0 Å². The topological polar surface area (TPSA) is 66.6 Å². The number of aromatic nitrogens is 1. The maximum absolute atomic E-state index is 12.3. The maximum Gasteiger partial charge on any atom is 0.276 e. The minimum Gasteiger partial charge on any atom is -0.395 e. The molecule has 0 aromatic carbocycles. The molecule has 2 aliphatic rings. The van der Waals surface area contributed by atoms with Crippen molar-refractivity contribution in [2.45, 2.75) is 44.1 Å². The van der Waals surface area contributed by atoms with E-state index < -0.39 is 0 Å². The minimum absolute atomic E-state index is 0.00439. The average Bonchev–Trinajstić information content (AvgIpc) is 3.04. The second-order valence-electron chi connectivity index (χ2n) is 5.20. The third-order valence-electron chi connectivity index (χ3n) is 3.84. The van der Waals surface area contributed by atoms with E-state index in [9.17, 15) is 4.79 Å². The van der Waals surface area contributed by atoms with Crippen molar-refractivity contribution < 1.29 is 14.4 Å². The van der Waals surface area contributed by atoms with E-state index in [1.165, 1.54) is 0 Å². The van der Waals surface area contributed by atoms with Crippen molar-refractivity contribution in [3.05, 3.63) is 17.5 Å². The molecule has 1 N–H and O–H groups in total. The van der Waals surface area contributed by atoms with Gasteiger partial charge in [0.15, 0.2) is 5.69 Å². The summed E-state index contributed by atoms with van der Waals surface area (Å²) in [6.07, 6.45) is 5.47. The summed E-state index contributed by atoms with van der Waals surface area (Å²) in [6.45, 7) is 0.380. The van der Waals surface area contributed by atoms with Crippen LogP contribution in [-0.4, -0.2) is 40.3 Å². The number of carbonyl (C=O) groups is 1. The highest BCUT2D eigenvalue weighted by atomic mass is 16.5. The molecule has 1 amide bonds. The van der Waals surface area contributed by atoms with E-state index in [-0.39, 0.29) is 18.6 Å². The summed E-state index contributed by atoms with van der Waals surface area (Å²) < 4.78 is 5.21. The van der Waals surface area contributed by atoms with Gasteiger partial charge in [0.1, 0.15) is 5.76 Å². The Bertz CT molecular complexity index is 435. The number of aliphatic hydroxyl groups is 1. The summed E-state index contributed by atoms with van der Waals surface area (Å²) in [5.41, 5.74) is 0.386. The zero-order valence-electron chi connectivity index (χ0n) is 10.3. The fourth-order valence-electron chi connectivity index (χ4n) is 2.35. The van der Waals surface area contributed by atoms with Crippen LogP contribution in [0.1, 0.15) is 54.3 Å². The summed E-state index contributed by atoms with van der Waals surface area (Å²) in [6, 6.07) is 2.04. The number of aliphatic hydroxyl groups excluding tert-OH is 1. The number of hydrogen-bond donors (Lipinski definition) is 1. The monoisotopic (exact) mass is 250 g/mol. The molecular formula is C13H18N2O3. The van der Waals surface area contributed by atoms with E-state index >= 15 is 0 Å². The molecule has 98 valence electrons. The number of nitrogens with zero attached hydrogens (tertiary/aromatic N) is 2. The van der Waals surface area contributed by atoms with Crippen LogP contribution in [0.2, 0.25) is 0 Å². The molecule has 0 unspecified atom stereocenters. The molecule has 2 fully saturated rings. The van der Waals surface area contributed by atoms with Gasteiger partial charge in [0.2, 0.25) is 0 Å². The Balaban J connectivity index is 1.72. The van der Waals surface area contributed by atoms with Gasteiger partial charge in [-0.25, -0.2) is 0 Å². The molecule has 0 aliphatic heterocycles. The van der Waals surface area contributed by atoms with E-state index in [2.05, 4.69) is 5.16 Å². The third-order valence-corrected chi connectivity index (χ3v) is 3.84. The Morgan fingerprint density at radius 2 is 2.22 bits per heavy atom. The summed E-state index contributed by atoms with van der Waals surface area (Å²) >= 11 is 0. The van der Waals surface area contributed by atoms with Crippen LogP contribution in [0.3, 0.4) is 0 Å². The molecule has 0 radical (unpaired) electrons. The highest BCUT2D eigenvalue weighted by Gasteiger charge is 2.33. The molecule has 0 saturated heterocycles. The number of rotatable bonds is 5. The number of amides is 1. The first-order valence-corrected chi connectivity index (χ1v) is 6.68. The van der Waals surface area contributed by atoms with E-state index in [0.29, 0.717) is 18.2 Å². The van der Waals surface area contributed by atoms with Gasteiger partial charge in [-0.1, -0.05) is 5.16 Å². The van der Waals surface area contributed by atoms with Crippen LogP contribution >= 0.6 is 0 Å². The average molecular weight is 250 g/mol. The fourth-order valence-corrected chi connectivity index (χ4v) is 2.35. The zero-order chi connectivity index (χ0) is 12.5. The molecule has 2 aliphatic carbocycles. The van der Waals surface area contributed by atoms with E-state index in [1.807, 2.05) is 0 Å². The van der Waals surface area contributed by atoms with Gasteiger partial charge in [0.25, 0.3) is 5.91 Å². The molecule has 1 aromatic rings. The first-order chi connectivity index (χ1) is 8.79. The van der Waals surface area contributed by atoms with Gasteiger partial charge < -0.3 is 14.5 Å². The van der Waals surface area contributed by atoms with Crippen LogP contribution in [0.4, 0.5) is 0 Å². The minimum atomic E-state index is -0.107. The SMILES string of the molecule is O=C(c1cc(C2CC2)on1)N(CCO)C1CCC1. The lowest BCUT2D eigenvalue weighted by Gasteiger charge is -2.36. The zero-order valence-corrected chi connectivity index (χ0v) is 10.3. The smallest absolute Gasteiger partial charge is 0.276 e. The van der Waals surface area contributed by atoms with Crippen LogP contribution in [0.5, 0.6) is 0 Å². The normalized spacial score (nSPS) is 19.6. The van der Waals surface area contributed by atoms with Gasteiger partial charge in [0.05, 0.1) is 6.61 Å². The quantitative estimate of drug-likeness (QED) is 0.860. The Morgan fingerprint density at radius 3 is 2.78 bits per heavy atom. The van der Waals surface area contributed by atoms with E-state index in [1.54, 1.807) is 11.0 Å². The second-order valence-corrected chi connectivity index (χ2v) is 5.20. The molecule has 0 bridgehead atoms. The van der Waals surface area contributed by atoms with Crippen molar-refractivity contribution in [1.29, 1.82) is 0 Å². The van der Waals surface area contributed by atoms with Crippen LogP contribution in [0.25, 0.3) is 0 Å². The number of hydrogen-bond acceptors (Lipinski definition) is 4. The first-order valence-electron chi connectivity index (χ1n) is 6.68. The second kappa shape index (κ2) is 4.72. The lowest BCUT2D eigenvalue weighted by molar-refractivity contribution is 0.0515. The van der Waals surface area contributed by atoms with Gasteiger partial charge >= 0.3 is 0 Å². The van der Waals surface area contributed by atoms with Crippen molar-refractivity contribution in [1.82, 2.24) is 10.1 Å². The summed E-state index contributed by atoms with van der Waals surface area (Å²) in [5.74, 6) is 1.19. The highest BCUT2D eigenvalue weighted by Crippen LogP contribution is 2.40. The standard InChI is InChI=1S/C13H18N2O3/c16-7-6-15(10-2-1-3-10)13(17)11-8-12(18-14-11)9-4-5-9/h8-10,16H,1-7H2. The third kappa shape index (κ3) is 2.14. The van der Waals surface area contributed by atoms with Gasteiger partial charge in [-0.05, 0) is 32.1 Å². The Morgan fingerprint density at radius 1 is 1.44 bits per heavy atom. The Kier molecular flexibility index (Phi) is 3.07. The highest BCUT2D eigenvalue weighted by molar-refractivity contribution is 5.92. The Hall–Kier alpha value is -1.36. The molecule has 1 heterocycles. The number of carbonyl (C=O) groups excluding carboxylic acids is 1. The molecule has 5 nitrogen and oxygen atoms in total. The van der Waals surface area contributed by atoms with Gasteiger partial charge in [-0.2, -0.15) is 0 Å². The summed E-state index contributed by atoms with van der Waals surface area (Å²) in [7, 11) is 0. The fraction of sp³-hybridized carbons (Fsp3) is 0.692. The van der Waals surface area contributed by atoms with Crippen molar-refractivity contribution >= 4 is 5.91 Å². The van der Waals surface area contributed by atoms with Crippen molar-refractivity contribution in [2.24, 2.45) is 0 Å². The Labute approximate surface area is 106 Å². The summed E-state index contributed by atoms with van der Waals surface area (Å²) in [4.78, 5) is 14.1. The molecule has 0 atom stereocenters. The largest absolute Gasteiger partial charge is 0.395 e. The van der Waals surface area contributed by atoms with Crippen molar-refractivity contribution in [3.8, 4) is 0 Å². The first kappa shape index (κ1) is 11.7. The van der Waals surface area contributed by atoms with Gasteiger partial charge in [0, 0.05) is 24.6 Å².